The van der Waals surface area contributed by atoms with Crippen molar-refractivity contribution in [2.75, 3.05) is 6.26 Å². The van der Waals surface area contributed by atoms with Gasteiger partial charge in [-0.1, -0.05) is 29.8 Å². The number of benzene rings is 2. The molecule has 1 N–H and O–H groups in total. The Morgan fingerprint density at radius 2 is 1.72 bits per heavy atom. The zero-order chi connectivity index (χ0) is 21.0. The Morgan fingerprint density at radius 3 is 2.34 bits per heavy atom. The van der Waals surface area contributed by atoms with Crippen molar-refractivity contribution in [1.29, 1.82) is 0 Å². The Kier molecular flexibility index (Phi) is 6.12. The Morgan fingerprint density at radius 1 is 1.07 bits per heavy atom. The third-order valence-electron chi connectivity index (χ3n) is 4.52. The Hall–Kier alpha value is -3.00. The molecule has 0 radical (unpaired) electrons. The molecule has 0 saturated carbocycles. The van der Waals surface area contributed by atoms with Gasteiger partial charge in [0.2, 0.25) is 17.7 Å². The van der Waals surface area contributed by atoms with Gasteiger partial charge in [-0.05, 0) is 43.7 Å². The molecule has 0 spiro atoms. The zero-order valence-corrected chi connectivity index (χ0v) is 17.4. The molecule has 0 fully saturated rings. The van der Waals surface area contributed by atoms with E-state index in [2.05, 4.69) is 15.5 Å². The molecule has 0 saturated heterocycles. The number of nitrogens with zero attached hydrogens (tertiary/aromatic N) is 2. The molecule has 1 unspecified atom stereocenters. The number of rotatable bonds is 7. The molecule has 152 valence electrons. The molecule has 1 aromatic heterocycles. The summed E-state index contributed by atoms with van der Waals surface area (Å²) in [6.45, 7) is 3.85. The summed E-state index contributed by atoms with van der Waals surface area (Å²) in [6.07, 6.45) is 1.71. The van der Waals surface area contributed by atoms with E-state index in [-0.39, 0.29) is 23.3 Å². The number of hydrogen-bond acceptors (Lipinski definition) is 6. The summed E-state index contributed by atoms with van der Waals surface area (Å²) < 4.78 is 28.7. The molecular formula is C21H23N3O4S. The van der Waals surface area contributed by atoms with Crippen molar-refractivity contribution in [2.24, 2.45) is 0 Å². The first-order chi connectivity index (χ1) is 13.7. The number of carbonyl (C=O) groups excluding carboxylic acids is 1. The zero-order valence-electron chi connectivity index (χ0n) is 16.5. The highest BCUT2D eigenvalue weighted by molar-refractivity contribution is 7.90. The Bertz CT molecular complexity index is 1090. The minimum atomic E-state index is -3.24. The molecule has 7 nitrogen and oxygen atoms in total. The second kappa shape index (κ2) is 8.57. The maximum Gasteiger partial charge on any atom is 0.247 e. The minimum Gasteiger partial charge on any atom is -0.421 e. The second-order valence-corrected chi connectivity index (χ2v) is 9.01. The van der Waals surface area contributed by atoms with Crippen molar-refractivity contribution < 1.29 is 17.6 Å². The Labute approximate surface area is 170 Å². The van der Waals surface area contributed by atoms with Crippen LogP contribution in [0.4, 0.5) is 0 Å². The van der Waals surface area contributed by atoms with Crippen LogP contribution in [0.3, 0.4) is 0 Å². The van der Waals surface area contributed by atoms with Gasteiger partial charge in [0.15, 0.2) is 9.84 Å². The summed E-state index contributed by atoms with van der Waals surface area (Å²) in [5.41, 5.74) is 2.81. The minimum absolute atomic E-state index is 0.153. The average molecular weight is 413 g/mol. The predicted octanol–water partition coefficient (Wildman–Crippen LogP) is 3.26. The van der Waals surface area contributed by atoms with Crippen molar-refractivity contribution >= 4 is 15.7 Å². The predicted molar refractivity (Wildman–Crippen MR) is 109 cm³/mol. The molecule has 29 heavy (non-hydrogen) atoms. The molecule has 3 rings (SSSR count). The van der Waals surface area contributed by atoms with Crippen LogP contribution in [0.2, 0.25) is 0 Å². The number of hydrogen-bond donors (Lipinski definition) is 1. The van der Waals surface area contributed by atoms with Crippen molar-refractivity contribution in [3.8, 4) is 11.5 Å². The van der Waals surface area contributed by atoms with Gasteiger partial charge in [-0.25, -0.2) is 8.42 Å². The molecule has 0 aliphatic carbocycles. The third-order valence-corrected chi connectivity index (χ3v) is 5.65. The van der Waals surface area contributed by atoms with Crippen LogP contribution in [0.25, 0.3) is 11.5 Å². The fourth-order valence-corrected chi connectivity index (χ4v) is 3.42. The van der Waals surface area contributed by atoms with Gasteiger partial charge in [-0.3, -0.25) is 4.79 Å². The summed E-state index contributed by atoms with van der Waals surface area (Å²) in [5, 5.41) is 10.9. The highest BCUT2D eigenvalue weighted by Crippen LogP contribution is 2.19. The molecule has 1 heterocycles. The second-order valence-electron chi connectivity index (χ2n) is 7.00. The third kappa shape index (κ3) is 5.51. The van der Waals surface area contributed by atoms with Crippen LogP contribution in [0, 0.1) is 6.92 Å². The number of amides is 1. The fourth-order valence-electron chi connectivity index (χ4n) is 2.79. The van der Waals surface area contributed by atoms with Gasteiger partial charge in [0.05, 0.1) is 10.9 Å². The van der Waals surface area contributed by atoms with Crippen LogP contribution >= 0.6 is 0 Å². The van der Waals surface area contributed by atoms with E-state index in [1.807, 2.05) is 38.1 Å². The van der Waals surface area contributed by atoms with Gasteiger partial charge in [0, 0.05) is 24.7 Å². The normalized spacial score (nSPS) is 12.5. The summed E-state index contributed by atoms with van der Waals surface area (Å²) in [7, 11) is -3.24. The number of aromatic nitrogens is 2. The van der Waals surface area contributed by atoms with Gasteiger partial charge in [-0.2, -0.15) is 0 Å². The lowest BCUT2D eigenvalue weighted by Crippen LogP contribution is -2.26. The lowest BCUT2D eigenvalue weighted by Gasteiger charge is -2.14. The molecule has 1 atom stereocenters. The van der Waals surface area contributed by atoms with Crippen molar-refractivity contribution in [1.82, 2.24) is 15.5 Å². The fraction of sp³-hybridized carbons (Fsp3) is 0.286. The van der Waals surface area contributed by atoms with Gasteiger partial charge in [0.25, 0.3) is 0 Å². The monoisotopic (exact) mass is 413 g/mol. The summed E-state index contributed by atoms with van der Waals surface area (Å²) >= 11 is 0. The van der Waals surface area contributed by atoms with Crippen molar-refractivity contribution in [3.05, 3.63) is 65.5 Å². The highest BCUT2D eigenvalue weighted by atomic mass is 32.2. The highest BCUT2D eigenvalue weighted by Gasteiger charge is 2.14. The van der Waals surface area contributed by atoms with Crippen molar-refractivity contribution in [2.45, 2.75) is 37.6 Å². The van der Waals surface area contributed by atoms with E-state index in [4.69, 9.17) is 4.42 Å². The molecule has 1 amide bonds. The van der Waals surface area contributed by atoms with Crippen molar-refractivity contribution in [3.63, 3.8) is 0 Å². The first-order valence-corrected chi connectivity index (χ1v) is 11.1. The van der Waals surface area contributed by atoms with Crippen LogP contribution in [-0.2, 0) is 21.1 Å². The first-order valence-electron chi connectivity index (χ1n) is 9.21. The molecule has 2 aromatic carbocycles. The lowest BCUT2D eigenvalue weighted by atomic mass is 10.1. The van der Waals surface area contributed by atoms with E-state index in [9.17, 15) is 13.2 Å². The smallest absolute Gasteiger partial charge is 0.247 e. The molecule has 3 aromatic rings. The van der Waals surface area contributed by atoms with Crippen LogP contribution in [-0.4, -0.2) is 30.8 Å². The van der Waals surface area contributed by atoms with Gasteiger partial charge in [-0.15, -0.1) is 10.2 Å². The van der Waals surface area contributed by atoms with Gasteiger partial charge >= 0.3 is 0 Å². The first kappa shape index (κ1) is 20.7. The number of carbonyl (C=O) groups is 1. The maximum absolute atomic E-state index is 12.2. The maximum atomic E-state index is 12.2. The van der Waals surface area contributed by atoms with E-state index >= 15 is 0 Å². The summed E-state index contributed by atoms with van der Waals surface area (Å²) in [4.78, 5) is 12.5. The van der Waals surface area contributed by atoms with Gasteiger partial charge < -0.3 is 9.73 Å². The van der Waals surface area contributed by atoms with E-state index in [0.717, 1.165) is 22.9 Å². The van der Waals surface area contributed by atoms with Crippen LogP contribution < -0.4 is 5.32 Å². The van der Waals surface area contributed by atoms with Crippen LogP contribution in [0.5, 0.6) is 0 Å². The molecule has 0 bridgehead atoms. The standard InChI is InChI=1S/C21H23N3O4S/c1-14-4-6-17(7-5-14)21-24-23-20(28-21)13-12-19(25)22-15(2)16-8-10-18(11-9-16)29(3,26)27/h4-11,15H,12-13H2,1-3H3,(H,22,25). The van der Waals surface area contributed by atoms with E-state index in [1.54, 1.807) is 24.3 Å². The number of aryl methyl sites for hydroxylation is 2. The summed E-state index contributed by atoms with van der Waals surface area (Å²) in [6, 6.07) is 14.0. The number of nitrogens with one attached hydrogen (secondary N) is 1. The van der Waals surface area contributed by atoms with Crippen LogP contribution in [0.15, 0.2) is 57.8 Å². The molecular weight excluding hydrogens is 390 g/mol. The molecule has 0 aliphatic rings. The van der Waals surface area contributed by atoms with Gasteiger partial charge in [0.1, 0.15) is 0 Å². The molecule has 0 aliphatic heterocycles. The quantitative estimate of drug-likeness (QED) is 0.638. The number of sulfone groups is 1. The van der Waals surface area contributed by atoms with E-state index < -0.39 is 9.84 Å². The Balaban J connectivity index is 1.54. The topological polar surface area (TPSA) is 102 Å². The average Bonchev–Trinajstić information content (AvgIpc) is 3.15. The van der Waals surface area contributed by atoms with E-state index in [0.29, 0.717) is 18.2 Å². The lowest BCUT2D eigenvalue weighted by molar-refractivity contribution is -0.121. The van der Waals surface area contributed by atoms with Crippen LogP contribution in [0.1, 0.15) is 36.4 Å². The molecule has 8 heteroatoms. The van der Waals surface area contributed by atoms with E-state index in [1.165, 1.54) is 0 Å². The largest absolute Gasteiger partial charge is 0.421 e. The SMILES string of the molecule is Cc1ccc(-c2nnc(CCC(=O)NC(C)c3ccc(S(C)(=O)=O)cc3)o2)cc1. The summed E-state index contributed by atoms with van der Waals surface area (Å²) in [5.74, 6) is 0.681.